The summed E-state index contributed by atoms with van der Waals surface area (Å²) in [5.74, 6) is 1.82. The van der Waals surface area contributed by atoms with Crippen LogP contribution in [0, 0.1) is 0 Å². The molecule has 132 valence electrons. The van der Waals surface area contributed by atoms with Gasteiger partial charge >= 0.3 is 0 Å². The summed E-state index contributed by atoms with van der Waals surface area (Å²) in [6, 6.07) is 5.30. The van der Waals surface area contributed by atoms with Crippen LogP contribution in [0.4, 0.5) is 0 Å². The van der Waals surface area contributed by atoms with Gasteiger partial charge in [-0.1, -0.05) is 0 Å². The molecule has 0 aromatic heterocycles. The first-order chi connectivity index (χ1) is 11.7. The van der Waals surface area contributed by atoms with E-state index in [1.54, 1.807) is 25.1 Å². The predicted octanol–water partition coefficient (Wildman–Crippen LogP) is 1.02. The maximum Gasteiger partial charge on any atom is 0.260 e. The standard InChI is InChI=1S/C17H24N2O5/c1-13(24-14-3-4-15-16(11-14)23-12-22-15)17(20)18-5-2-6-19-7-9-21-10-8-19/h3-4,11,13H,2,5-10,12H2,1H3,(H,18,20)/t13-/m0/s1. The van der Waals surface area contributed by atoms with E-state index in [4.69, 9.17) is 18.9 Å². The van der Waals surface area contributed by atoms with Crippen molar-refractivity contribution in [2.24, 2.45) is 0 Å². The van der Waals surface area contributed by atoms with Crippen molar-refractivity contribution in [3.8, 4) is 17.2 Å². The van der Waals surface area contributed by atoms with Gasteiger partial charge in [-0.25, -0.2) is 0 Å². The Bertz CT molecular complexity index is 560. The first-order valence-electron chi connectivity index (χ1n) is 8.36. The van der Waals surface area contributed by atoms with Crippen LogP contribution in [0.15, 0.2) is 18.2 Å². The summed E-state index contributed by atoms with van der Waals surface area (Å²) in [6.07, 6.45) is 0.358. The van der Waals surface area contributed by atoms with Gasteiger partial charge < -0.3 is 24.3 Å². The van der Waals surface area contributed by atoms with E-state index in [1.165, 1.54) is 0 Å². The van der Waals surface area contributed by atoms with Gasteiger partial charge in [-0.2, -0.15) is 0 Å². The molecule has 2 aliphatic heterocycles. The molecule has 0 radical (unpaired) electrons. The topological polar surface area (TPSA) is 69.3 Å². The van der Waals surface area contributed by atoms with Gasteiger partial charge in [0.2, 0.25) is 6.79 Å². The minimum absolute atomic E-state index is 0.116. The highest BCUT2D eigenvalue weighted by Gasteiger charge is 2.18. The highest BCUT2D eigenvalue weighted by Crippen LogP contribution is 2.35. The van der Waals surface area contributed by atoms with E-state index in [9.17, 15) is 4.79 Å². The van der Waals surface area contributed by atoms with Crippen molar-refractivity contribution in [1.29, 1.82) is 0 Å². The average Bonchev–Trinajstić information content (AvgIpc) is 3.07. The molecule has 1 N–H and O–H groups in total. The number of carbonyl (C=O) groups excluding carboxylic acids is 1. The van der Waals surface area contributed by atoms with Crippen LogP contribution in [0.2, 0.25) is 0 Å². The Kier molecular flexibility index (Phi) is 5.77. The molecule has 1 aromatic rings. The molecule has 1 fully saturated rings. The van der Waals surface area contributed by atoms with E-state index >= 15 is 0 Å². The Labute approximate surface area is 141 Å². The third kappa shape index (κ3) is 4.52. The Balaban J connectivity index is 1.37. The Morgan fingerprint density at radius 1 is 1.29 bits per heavy atom. The molecule has 0 bridgehead atoms. The highest BCUT2D eigenvalue weighted by molar-refractivity contribution is 5.80. The number of ether oxygens (including phenoxy) is 4. The number of morpholine rings is 1. The molecule has 3 rings (SSSR count). The van der Waals surface area contributed by atoms with Gasteiger partial charge in [0.15, 0.2) is 17.6 Å². The van der Waals surface area contributed by atoms with Crippen molar-refractivity contribution in [1.82, 2.24) is 10.2 Å². The number of fused-ring (bicyclic) bond motifs is 1. The molecule has 7 nitrogen and oxygen atoms in total. The van der Waals surface area contributed by atoms with E-state index in [0.29, 0.717) is 23.8 Å². The quantitative estimate of drug-likeness (QED) is 0.750. The molecule has 2 heterocycles. The van der Waals surface area contributed by atoms with Crippen LogP contribution in [-0.4, -0.2) is 63.1 Å². The van der Waals surface area contributed by atoms with Crippen molar-refractivity contribution in [2.45, 2.75) is 19.4 Å². The monoisotopic (exact) mass is 336 g/mol. The number of nitrogens with one attached hydrogen (secondary N) is 1. The van der Waals surface area contributed by atoms with Crippen LogP contribution in [0.1, 0.15) is 13.3 Å². The number of nitrogens with zero attached hydrogens (tertiary/aromatic N) is 1. The van der Waals surface area contributed by atoms with Crippen molar-refractivity contribution in [2.75, 3.05) is 46.2 Å². The van der Waals surface area contributed by atoms with Crippen LogP contribution in [0.5, 0.6) is 17.2 Å². The third-order valence-corrected chi connectivity index (χ3v) is 4.08. The SMILES string of the molecule is C[C@H](Oc1ccc2c(c1)OCO2)C(=O)NCCCN1CCOCC1. The van der Waals surface area contributed by atoms with Crippen molar-refractivity contribution < 1.29 is 23.7 Å². The first-order valence-corrected chi connectivity index (χ1v) is 8.36. The average molecular weight is 336 g/mol. The first kappa shape index (κ1) is 16.9. The molecule has 1 saturated heterocycles. The van der Waals surface area contributed by atoms with Crippen LogP contribution >= 0.6 is 0 Å². The zero-order valence-corrected chi connectivity index (χ0v) is 14.0. The summed E-state index contributed by atoms with van der Waals surface area (Å²) in [4.78, 5) is 14.5. The maximum atomic E-state index is 12.1. The molecular weight excluding hydrogens is 312 g/mol. The molecule has 0 unspecified atom stereocenters. The van der Waals surface area contributed by atoms with Crippen LogP contribution in [-0.2, 0) is 9.53 Å². The minimum Gasteiger partial charge on any atom is -0.481 e. The predicted molar refractivity (Wildman–Crippen MR) is 87.5 cm³/mol. The molecule has 0 spiro atoms. The molecule has 2 aliphatic rings. The van der Waals surface area contributed by atoms with E-state index in [-0.39, 0.29) is 12.7 Å². The van der Waals surface area contributed by atoms with E-state index < -0.39 is 6.10 Å². The van der Waals surface area contributed by atoms with Gasteiger partial charge in [-0.3, -0.25) is 9.69 Å². The Morgan fingerprint density at radius 2 is 2.08 bits per heavy atom. The fourth-order valence-electron chi connectivity index (χ4n) is 2.69. The summed E-state index contributed by atoms with van der Waals surface area (Å²) in [5, 5.41) is 2.92. The lowest BCUT2D eigenvalue weighted by atomic mass is 10.3. The van der Waals surface area contributed by atoms with Crippen LogP contribution < -0.4 is 19.5 Å². The van der Waals surface area contributed by atoms with Crippen LogP contribution in [0.3, 0.4) is 0 Å². The van der Waals surface area contributed by atoms with Gasteiger partial charge in [0.25, 0.3) is 5.91 Å². The molecule has 1 amide bonds. The summed E-state index contributed by atoms with van der Waals surface area (Å²) in [6.45, 7) is 7.11. The second-order valence-corrected chi connectivity index (χ2v) is 5.87. The molecule has 24 heavy (non-hydrogen) atoms. The fraction of sp³-hybridized carbons (Fsp3) is 0.588. The summed E-state index contributed by atoms with van der Waals surface area (Å²) in [5.41, 5.74) is 0. The van der Waals surface area contributed by atoms with Gasteiger partial charge in [-0.05, 0) is 32.0 Å². The van der Waals surface area contributed by atoms with Crippen molar-refractivity contribution in [3.63, 3.8) is 0 Å². The molecule has 7 heteroatoms. The lowest BCUT2D eigenvalue weighted by Gasteiger charge is -2.26. The van der Waals surface area contributed by atoms with Gasteiger partial charge in [0.05, 0.1) is 13.2 Å². The zero-order valence-electron chi connectivity index (χ0n) is 14.0. The fourth-order valence-corrected chi connectivity index (χ4v) is 2.69. The molecule has 1 aromatic carbocycles. The van der Waals surface area contributed by atoms with E-state index in [0.717, 1.165) is 39.3 Å². The van der Waals surface area contributed by atoms with Crippen molar-refractivity contribution in [3.05, 3.63) is 18.2 Å². The number of rotatable bonds is 7. The van der Waals surface area contributed by atoms with Gasteiger partial charge in [0.1, 0.15) is 5.75 Å². The molecule has 0 saturated carbocycles. The molecular formula is C17H24N2O5. The smallest absolute Gasteiger partial charge is 0.260 e. The lowest BCUT2D eigenvalue weighted by molar-refractivity contribution is -0.127. The van der Waals surface area contributed by atoms with Crippen LogP contribution in [0.25, 0.3) is 0 Å². The normalized spacial score (nSPS) is 18.2. The summed E-state index contributed by atoms with van der Waals surface area (Å²) in [7, 11) is 0. The lowest BCUT2D eigenvalue weighted by Crippen LogP contribution is -2.40. The Hall–Kier alpha value is -1.99. The third-order valence-electron chi connectivity index (χ3n) is 4.08. The summed E-state index contributed by atoms with van der Waals surface area (Å²) >= 11 is 0. The van der Waals surface area contributed by atoms with Gasteiger partial charge in [0, 0.05) is 25.7 Å². The number of benzene rings is 1. The van der Waals surface area contributed by atoms with E-state index in [2.05, 4.69) is 10.2 Å². The second kappa shape index (κ2) is 8.21. The van der Waals surface area contributed by atoms with Gasteiger partial charge in [-0.15, -0.1) is 0 Å². The number of hydrogen-bond donors (Lipinski definition) is 1. The minimum atomic E-state index is -0.561. The van der Waals surface area contributed by atoms with Crippen molar-refractivity contribution >= 4 is 5.91 Å². The van der Waals surface area contributed by atoms with E-state index in [1.807, 2.05) is 0 Å². The molecule has 1 atom stereocenters. The largest absolute Gasteiger partial charge is 0.481 e. The Morgan fingerprint density at radius 3 is 2.92 bits per heavy atom. The second-order valence-electron chi connectivity index (χ2n) is 5.87. The summed E-state index contributed by atoms with van der Waals surface area (Å²) < 4.78 is 21.5. The molecule has 0 aliphatic carbocycles. The number of carbonyl (C=O) groups is 1. The number of amides is 1. The number of hydrogen-bond acceptors (Lipinski definition) is 6. The highest BCUT2D eigenvalue weighted by atomic mass is 16.7. The maximum absolute atomic E-state index is 12.1. The zero-order chi connectivity index (χ0) is 16.8.